The Morgan fingerprint density at radius 2 is 1.15 bits per heavy atom. The van der Waals surface area contributed by atoms with Gasteiger partial charge in [0.05, 0.1) is 0 Å². The molecule has 5 heteroatoms. The van der Waals surface area contributed by atoms with E-state index in [9.17, 15) is 19.5 Å². The average Bonchev–Trinajstić information content (AvgIpc) is 2.71. The normalized spacial score (nSPS) is 13.0. The Balaban J connectivity index is 0.000000277. The van der Waals surface area contributed by atoms with Gasteiger partial charge < -0.3 is 9.84 Å². The third-order valence-electron chi connectivity index (χ3n) is 3.25. The number of hydrogen-bond donors (Lipinski definition) is 1. The molecular formula is C22H22O5. The van der Waals surface area contributed by atoms with Gasteiger partial charge in [-0.2, -0.15) is 0 Å². The number of aliphatic hydroxyl groups excluding tert-OH is 1. The maximum atomic E-state index is 11.9. The summed E-state index contributed by atoms with van der Waals surface area (Å²) in [5.41, 5.74) is 1.15. The minimum Gasteiger partial charge on any atom is -0.388 e. The number of benzene rings is 2. The summed E-state index contributed by atoms with van der Waals surface area (Å²) in [5.74, 6) is -0.513. The van der Waals surface area contributed by atoms with Crippen LogP contribution in [0.25, 0.3) is 0 Å². The van der Waals surface area contributed by atoms with Crippen molar-refractivity contribution in [1.29, 1.82) is 0 Å². The molecule has 2 aromatic carbocycles. The highest BCUT2D eigenvalue weighted by Crippen LogP contribution is 2.17. The van der Waals surface area contributed by atoms with E-state index in [0.29, 0.717) is 11.1 Å². The van der Waals surface area contributed by atoms with Crippen LogP contribution >= 0.6 is 0 Å². The second-order valence-corrected chi connectivity index (χ2v) is 5.42. The zero-order chi connectivity index (χ0) is 20.1. The fourth-order valence-corrected chi connectivity index (χ4v) is 1.99. The number of carbonyl (C=O) groups is 3. The van der Waals surface area contributed by atoms with Crippen LogP contribution in [-0.2, 0) is 14.3 Å². The van der Waals surface area contributed by atoms with Crippen LogP contribution in [0.5, 0.6) is 0 Å². The molecule has 3 rings (SSSR count). The first-order chi connectivity index (χ1) is 13.0. The molecule has 5 nitrogen and oxygen atoms in total. The first-order valence-electron chi connectivity index (χ1n) is 8.16. The van der Waals surface area contributed by atoms with Crippen LogP contribution < -0.4 is 0 Å². The maximum Gasteiger partial charge on any atom is 0.195 e. The lowest BCUT2D eigenvalue weighted by atomic mass is 10.0. The highest BCUT2D eigenvalue weighted by Gasteiger charge is 2.18. The molecule has 27 heavy (non-hydrogen) atoms. The second kappa shape index (κ2) is 12.2. The molecule has 0 aromatic heterocycles. The minimum absolute atomic E-state index is 0.121. The Hall–Kier alpha value is -3.15. The molecular weight excluding hydrogens is 344 g/mol. The standard InChI is InChI=1S/C14H12O2.C6H4O2.C2H6O/c15-13(11-7-3-1-4-8-11)14(16)12-9-5-2-6-10-12;7-5-1-2-6(8)4-3-5;1-3-2/h1-10,13,15H;1-4H;1-2H3. The third-order valence-corrected chi connectivity index (χ3v) is 3.25. The van der Waals surface area contributed by atoms with Gasteiger partial charge >= 0.3 is 0 Å². The zero-order valence-electron chi connectivity index (χ0n) is 15.2. The van der Waals surface area contributed by atoms with Crippen LogP contribution in [0, 0.1) is 0 Å². The van der Waals surface area contributed by atoms with Crippen LogP contribution in [0.2, 0.25) is 0 Å². The number of ketones is 3. The fourth-order valence-electron chi connectivity index (χ4n) is 1.99. The van der Waals surface area contributed by atoms with Gasteiger partial charge in [0.25, 0.3) is 0 Å². The Morgan fingerprint density at radius 1 is 0.778 bits per heavy atom. The summed E-state index contributed by atoms with van der Waals surface area (Å²) in [7, 11) is 3.25. The third kappa shape index (κ3) is 8.18. The van der Waals surface area contributed by atoms with Crippen LogP contribution in [0.4, 0.5) is 0 Å². The SMILES string of the molecule is COC.O=C(c1ccccc1)C(O)c1ccccc1.O=C1C=CC(=O)C=C1. The van der Waals surface area contributed by atoms with Gasteiger partial charge in [0.1, 0.15) is 6.10 Å². The van der Waals surface area contributed by atoms with Gasteiger partial charge in [-0.05, 0) is 29.9 Å². The zero-order valence-corrected chi connectivity index (χ0v) is 15.2. The van der Waals surface area contributed by atoms with E-state index in [-0.39, 0.29) is 17.3 Å². The number of rotatable bonds is 3. The van der Waals surface area contributed by atoms with Crippen molar-refractivity contribution in [3.63, 3.8) is 0 Å². The molecule has 2 aromatic rings. The number of carbonyl (C=O) groups excluding carboxylic acids is 3. The lowest BCUT2D eigenvalue weighted by molar-refractivity contribution is -0.113. The van der Waals surface area contributed by atoms with E-state index in [4.69, 9.17) is 0 Å². The van der Waals surface area contributed by atoms with Crippen LogP contribution in [0.3, 0.4) is 0 Å². The number of Topliss-reactive ketones (excluding diaryl/α,β-unsaturated/α-hetero) is 1. The lowest BCUT2D eigenvalue weighted by Crippen LogP contribution is -2.11. The van der Waals surface area contributed by atoms with Crippen molar-refractivity contribution < 1.29 is 24.2 Å². The molecule has 0 aliphatic heterocycles. The van der Waals surface area contributed by atoms with Gasteiger partial charge in [0.2, 0.25) is 0 Å². The molecule has 0 amide bonds. The molecule has 0 radical (unpaired) electrons. The molecule has 0 fully saturated rings. The smallest absolute Gasteiger partial charge is 0.195 e. The second-order valence-electron chi connectivity index (χ2n) is 5.42. The first-order valence-corrected chi connectivity index (χ1v) is 8.16. The van der Waals surface area contributed by atoms with Gasteiger partial charge in [0, 0.05) is 19.8 Å². The molecule has 1 aliphatic carbocycles. The van der Waals surface area contributed by atoms with Crippen molar-refractivity contribution in [2.75, 3.05) is 14.2 Å². The van der Waals surface area contributed by atoms with Gasteiger partial charge in [0.15, 0.2) is 17.3 Å². The van der Waals surface area contributed by atoms with Gasteiger partial charge in [-0.15, -0.1) is 0 Å². The predicted molar refractivity (Wildman–Crippen MR) is 103 cm³/mol. The van der Waals surface area contributed by atoms with Crippen molar-refractivity contribution in [1.82, 2.24) is 0 Å². The summed E-state index contributed by atoms with van der Waals surface area (Å²) in [5, 5.41) is 9.89. The van der Waals surface area contributed by atoms with E-state index < -0.39 is 6.10 Å². The largest absolute Gasteiger partial charge is 0.388 e. The molecule has 140 valence electrons. The summed E-state index contributed by atoms with van der Waals surface area (Å²) in [6.45, 7) is 0. The number of allylic oxidation sites excluding steroid dienone is 4. The Labute approximate surface area is 158 Å². The van der Waals surface area contributed by atoms with Gasteiger partial charge in [-0.1, -0.05) is 60.7 Å². The average molecular weight is 366 g/mol. The quantitative estimate of drug-likeness (QED) is 0.667. The Bertz CT molecular complexity index is 754. The number of aliphatic hydroxyl groups is 1. The van der Waals surface area contributed by atoms with E-state index in [1.165, 1.54) is 24.3 Å². The van der Waals surface area contributed by atoms with Gasteiger partial charge in [-0.25, -0.2) is 0 Å². The van der Waals surface area contributed by atoms with Crippen molar-refractivity contribution in [2.24, 2.45) is 0 Å². The molecule has 0 spiro atoms. The van der Waals surface area contributed by atoms with E-state index in [1.807, 2.05) is 12.1 Å². The van der Waals surface area contributed by atoms with Crippen LogP contribution in [0.1, 0.15) is 22.0 Å². The van der Waals surface area contributed by atoms with Crippen molar-refractivity contribution in [2.45, 2.75) is 6.10 Å². The van der Waals surface area contributed by atoms with Crippen molar-refractivity contribution >= 4 is 17.3 Å². The van der Waals surface area contributed by atoms with E-state index in [0.717, 1.165) is 0 Å². The highest BCUT2D eigenvalue weighted by atomic mass is 16.4. The van der Waals surface area contributed by atoms with Crippen molar-refractivity contribution in [3.8, 4) is 0 Å². The maximum absolute atomic E-state index is 11.9. The summed E-state index contributed by atoms with van der Waals surface area (Å²) in [4.78, 5) is 32.5. The number of methoxy groups -OCH3 is 1. The Kier molecular flexibility index (Phi) is 9.93. The summed E-state index contributed by atoms with van der Waals surface area (Å²) in [6.07, 6.45) is 3.93. The molecule has 0 saturated heterocycles. The number of ether oxygens (including phenoxy) is 1. The van der Waals surface area contributed by atoms with E-state index in [2.05, 4.69) is 4.74 Å². The summed E-state index contributed by atoms with van der Waals surface area (Å²) in [6, 6.07) is 17.7. The number of hydrogen-bond acceptors (Lipinski definition) is 5. The summed E-state index contributed by atoms with van der Waals surface area (Å²) >= 11 is 0. The van der Waals surface area contributed by atoms with E-state index in [1.54, 1.807) is 62.8 Å². The molecule has 1 N–H and O–H groups in total. The van der Waals surface area contributed by atoms with Crippen LogP contribution in [-0.4, -0.2) is 36.7 Å². The molecule has 0 heterocycles. The lowest BCUT2D eigenvalue weighted by Gasteiger charge is -2.09. The summed E-state index contributed by atoms with van der Waals surface area (Å²) < 4.78 is 4.25. The highest BCUT2D eigenvalue weighted by molar-refractivity contribution is 6.14. The Morgan fingerprint density at radius 3 is 1.56 bits per heavy atom. The predicted octanol–water partition coefficient (Wildman–Crippen LogP) is 3.12. The molecule has 1 atom stereocenters. The topological polar surface area (TPSA) is 80.7 Å². The molecule has 0 saturated carbocycles. The van der Waals surface area contributed by atoms with E-state index >= 15 is 0 Å². The monoisotopic (exact) mass is 366 g/mol. The molecule has 1 aliphatic rings. The molecule has 1 unspecified atom stereocenters. The fraction of sp³-hybridized carbons (Fsp3) is 0.136. The van der Waals surface area contributed by atoms with Gasteiger partial charge in [-0.3, -0.25) is 14.4 Å². The first kappa shape index (κ1) is 21.9. The van der Waals surface area contributed by atoms with Crippen molar-refractivity contribution in [3.05, 3.63) is 96.1 Å². The van der Waals surface area contributed by atoms with Crippen LogP contribution in [0.15, 0.2) is 85.0 Å². The minimum atomic E-state index is -1.08. The molecule has 0 bridgehead atoms.